The highest BCUT2D eigenvalue weighted by Gasteiger charge is 2.34. The molecule has 2 aliphatic rings. The fourth-order valence-corrected chi connectivity index (χ4v) is 1.61. The summed E-state index contributed by atoms with van der Waals surface area (Å²) in [4.78, 5) is 13.5. The van der Waals surface area contributed by atoms with E-state index >= 15 is 0 Å². The average molecular weight is 169 g/mol. The molecule has 3 heteroatoms. The topological polar surface area (TPSA) is 29.5 Å². The molecule has 2 rings (SSSR count). The molecule has 12 heavy (non-hydrogen) atoms. The van der Waals surface area contributed by atoms with E-state index in [0.717, 1.165) is 25.9 Å². The second-order valence-electron chi connectivity index (χ2n) is 3.74. The number of ether oxygens (including phenoxy) is 1. The highest BCUT2D eigenvalue weighted by Crippen LogP contribution is 2.31. The van der Waals surface area contributed by atoms with Gasteiger partial charge in [-0.15, -0.1) is 0 Å². The minimum Gasteiger partial charge on any atom is -0.375 e. The molecule has 3 nitrogen and oxygen atoms in total. The molecule has 0 aromatic carbocycles. The van der Waals surface area contributed by atoms with Crippen LogP contribution in [0.2, 0.25) is 0 Å². The van der Waals surface area contributed by atoms with Gasteiger partial charge >= 0.3 is 0 Å². The number of hydrogen-bond donors (Lipinski definition) is 0. The molecule has 0 radical (unpaired) electrons. The van der Waals surface area contributed by atoms with Gasteiger partial charge in [0, 0.05) is 19.0 Å². The molecule has 68 valence electrons. The monoisotopic (exact) mass is 169 g/mol. The first-order valence-corrected chi connectivity index (χ1v) is 4.68. The maximum Gasteiger partial charge on any atom is 0.225 e. The summed E-state index contributed by atoms with van der Waals surface area (Å²) in [5.41, 5.74) is 0. The molecule has 0 unspecified atom stereocenters. The molecule has 1 aliphatic carbocycles. The van der Waals surface area contributed by atoms with Crippen LogP contribution in [-0.2, 0) is 9.53 Å². The van der Waals surface area contributed by atoms with Gasteiger partial charge in [-0.1, -0.05) is 0 Å². The summed E-state index contributed by atoms with van der Waals surface area (Å²) in [5, 5.41) is 0. The predicted molar refractivity (Wildman–Crippen MR) is 44.7 cm³/mol. The van der Waals surface area contributed by atoms with Crippen molar-refractivity contribution in [3.8, 4) is 0 Å². The number of hydrogen-bond acceptors (Lipinski definition) is 2. The Labute approximate surface area is 72.7 Å². The lowest BCUT2D eigenvalue weighted by Crippen LogP contribution is -2.45. The Morgan fingerprint density at radius 1 is 1.50 bits per heavy atom. The highest BCUT2D eigenvalue weighted by atomic mass is 16.5. The van der Waals surface area contributed by atoms with Crippen LogP contribution >= 0.6 is 0 Å². The zero-order valence-corrected chi connectivity index (χ0v) is 7.45. The number of nitrogens with zero attached hydrogens (tertiary/aromatic N) is 1. The van der Waals surface area contributed by atoms with Gasteiger partial charge in [0.15, 0.2) is 0 Å². The van der Waals surface area contributed by atoms with Crippen molar-refractivity contribution in [3.63, 3.8) is 0 Å². The smallest absolute Gasteiger partial charge is 0.225 e. The first-order chi connectivity index (χ1) is 5.77. The minimum atomic E-state index is 0.224. The standard InChI is InChI=1S/C9H15NO2/c1-7-6-10(4-5-12-7)9(11)8-2-3-8/h7-8H,2-6H2,1H3/t7-/m0/s1. The molecule has 1 saturated heterocycles. The zero-order valence-electron chi connectivity index (χ0n) is 7.45. The summed E-state index contributed by atoms with van der Waals surface area (Å²) in [6, 6.07) is 0. The summed E-state index contributed by atoms with van der Waals surface area (Å²) in [5.74, 6) is 0.709. The fourth-order valence-electron chi connectivity index (χ4n) is 1.61. The Morgan fingerprint density at radius 3 is 2.83 bits per heavy atom. The third-order valence-corrected chi connectivity index (χ3v) is 2.48. The lowest BCUT2D eigenvalue weighted by molar-refractivity contribution is -0.139. The lowest BCUT2D eigenvalue weighted by atomic mass is 10.2. The van der Waals surface area contributed by atoms with Gasteiger partial charge in [0.05, 0.1) is 12.7 Å². The Kier molecular flexibility index (Phi) is 2.05. The zero-order chi connectivity index (χ0) is 8.55. The maximum atomic E-state index is 11.6. The normalized spacial score (nSPS) is 30.4. The largest absolute Gasteiger partial charge is 0.375 e. The van der Waals surface area contributed by atoms with Crippen LogP contribution in [0.15, 0.2) is 0 Å². The van der Waals surface area contributed by atoms with Gasteiger partial charge in [-0.05, 0) is 19.8 Å². The fraction of sp³-hybridized carbons (Fsp3) is 0.889. The summed E-state index contributed by atoms with van der Waals surface area (Å²) >= 11 is 0. The van der Waals surface area contributed by atoms with Gasteiger partial charge < -0.3 is 9.64 Å². The Balaban J connectivity index is 1.89. The van der Waals surface area contributed by atoms with Crippen molar-refractivity contribution in [2.75, 3.05) is 19.7 Å². The van der Waals surface area contributed by atoms with Crippen LogP contribution in [-0.4, -0.2) is 36.6 Å². The quantitative estimate of drug-likeness (QED) is 0.576. The maximum absolute atomic E-state index is 11.6. The van der Waals surface area contributed by atoms with Crippen LogP contribution in [0.5, 0.6) is 0 Å². The summed E-state index contributed by atoms with van der Waals surface area (Å²) < 4.78 is 5.36. The summed E-state index contributed by atoms with van der Waals surface area (Å²) in [7, 11) is 0. The minimum absolute atomic E-state index is 0.224. The van der Waals surface area contributed by atoms with Crippen LogP contribution in [0.1, 0.15) is 19.8 Å². The number of amides is 1. The molecule has 1 aliphatic heterocycles. The molecular formula is C9H15NO2. The molecule has 0 spiro atoms. The molecule has 2 fully saturated rings. The van der Waals surface area contributed by atoms with Crippen LogP contribution in [0.25, 0.3) is 0 Å². The third-order valence-electron chi connectivity index (χ3n) is 2.48. The molecular weight excluding hydrogens is 154 g/mol. The summed E-state index contributed by atoms with van der Waals surface area (Å²) in [6.45, 7) is 4.31. The van der Waals surface area contributed by atoms with E-state index in [1.165, 1.54) is 0 Å². The molecule has 1 heterocycles. The Morgan fingerprint density at radius 2 is 2.25 bits per heavy atom. The second-order valence-corrected chi connectivity index (χ2v) is 3.74. The number of rotatable bonds is 1. The van der Waals surface area contributed by atoms with Crippen LogP contribution in [0.4, 0.5) is 0 Å². The molecule has 1 saturated carbocycles. The molecule has 0 N–H and O–H groups in total. The van der Waals surface area contributed by atoms with Crippen molar-refractivity contribution < 1.29 is 9.53 Å². The van der Waals surface area contributed by atoms with Gasteiger partial charge in [-0.3, -0.25) is 4.79 Å². The Hall–Kier alpha value is -0.570. The van der Waals surface area contributed by atoms with E-state index in [1.807, 2.05) is 11.8 Å². The van der Waals surface area contributed by atoms with Gasteiger partial charge in [0.25, 0.3) is 0 Å². The van der Waals surface area contributed by atoms with E-state index in [0.29, 0.717) is 18.4 Å². The number of carbonyl (C=O) groups is 1. The van der Waals surface area contributed by atoms with Crippen molar-refractivity contribution in [1.29, 1.82) is 0 Å². The van der Waals surface area contributed by atoms with E-state index in [2.05, 4.69) is 0 Å². The SMILES string of the molecule is C[C@H]1CN(C(=O)C2CC2)CCO1. The molecule has 0 aromatic heterocycles. The van der Waals surface area contributed by atoms with E-state index in [4.69, 9.17) is 4.74 Å². The van der Waals surface area contributed by atoms with E-state index < -0.39 is 0 Å². The van der Waals surface area contributed by atoms with Gasteiger partial charge in [0.1, 0.15) is 0 Å². The summed E-state index contributed by atoms with van der Waals surface area (Å²) in [6.07, 6.45) is 2.43. The van der Waals surface area contributed by atoms with Crippen molar-refractivity contribution in [1.82, 2.24) is 4.90 Å². The first kappa shape index (κ1) is 8.05. The average Bonchev–Trinajstić information content (AvgIpc) is 2.85. The van der Waals surface area contributed by atoms with Crippen LogP contribution in [0.3, 0.4) is 0 Å². The van der Waals surface area contributed by atoms with Crippen LogP contribution in [0, 0.1) is 5.92 Å². The van der Waals surface area contributed by atoms with Crippen molar-refractivity contribution >= 4 is 5.91 Å². The van der Waals surface area contributed by atoms with Crippen molar-refractivity contribution in [2.45, 2.75) is 25.9 Å². The van der Waals surface area contributed by atoms with E-state index in [9.17, 15) is 4.79 Å². The predicted octanol–water partition coefficient (Wildman–Crippen LogP) is 0.644. The third kappa shape index (κ3) is 1.61. The van der Waals surface area contributed by atoms with Crippen molar-refractivity contribution in [2.24, 2.45) is 5.92 Å². The number of carbonyl (C=O) groups excluding carboxylic acids is 1. The highest BCUT2D eigenvalue weighted by molar-refractivity contribution is 5.81. The van der Waals surface area contributed by atoms with Crippen molar-refractivity contribution in [3.05, 3.63) is 0 Å². The molecule has 0 bridgehead atoms. The first-order valence-electron chi connectivity index (χ1n) is 4.68. The van der Waals surface area contributed by atoms with E-state index in [-0.39, 0.29) is 6.10 Å². The van der Waals surface area contributed by atoms with Crippen LogP contribution < -0.4 is 0 Å². The second kappa shape index (κ2) is 3.05. The number of morpholine rings is 1. The van der Waals surface area contributed by atoms with Gasteiger partial charge in [-0.2, -0.15) is 0 Å². The van der Waals surface area contributed by atoms with Gasteiger partial charge in [0.2, 0.25) is 5.91 Å². The van der Waals surface area contributed by atoms with Gasteiger partial charge in [-0.25, -0.2) is 0 Å². The Bertz CT molecular complexity index is 189. The molecule has 0 aromatic rings. The molecule has 1 atom stereocenters. The lowest BCUT2D eigenvalue weighted by Gasteiger charge is -2.31. The molecule has 1 amide bonds. The van der Waals surface area contributed by atoms with E-state index in [1.54, 1.807) is 0 Å².